The first-order chi connectivity index (χ1) is 14.0. The molecular formula is C21H24N4O4. The molecule has 3 heterocycles. The van der Waals surface area contributed by atoms with E-state index in [-0.39, 0.29) is 5.56 Å². The van der Waals surface area contributed by atoms with Gasteiger partial charge in [-0.25, -0.2) is 4.68 Å². The molecule has 1 fully saturated rings. The van der Waals surface area contributed by atoms with Gasteiger partial charge in [0.1, 0.15) is 11.5 Å². The molecule has 8 nitrogen and oxygen atoms in total. The van der Waals surface area contributed by atoms with Gasteiger partial charge in [0.05, 0.1) is 25.6 Å². The predicted octanol–water partition coefficient (Wildman–Crippen LogP) is 2.45. The van der Waals surface area contributed by atoms with Gasteiger partial charge in [-0.1, -0.05) is 5.16 Å². The summed E-state index contributed by atoms with van der Waals surface area (Å²) in [6, 6.07) is 7.53. The van der Waals surface area contributed by atoms with Gasteiger partial charge in [0.25, 0.3) is 5.56 Å². The summed E-state index contributed by atoms with van der Waals surface area (Å²) in [6.07, 6.45) is 3.92. The quantitative estimate of drug-likeness (QED) is 0.577. The number of hydrogen-bond acceptors (Lipinski definition) is 7. The second kappa shape index (κ2) is 8.06. The SMILES string of the molecule is COc1ccc([C@H]2C[C@@H]2COc2cc(CCc3cc(C)no3)c(=O)n(C)n2)nc1. The fraction of sp³-hybridized carbons (Fsp3) is 0.429. The van der Waals surface area contributed by atoms with Crippen LogP contribution in [0.3, 0.4) is 0 Å². The minimum atomic E-state index is -0.125. The Hall–Kier alpha value is -3.16. The van der Waals surface area contributed by atoms with E-state index in [1.54, 1.807) is 26.4 Å². The largest absolute Gasteiger partial charge is 0.495 e. The Morgan fingerprint density at radius 3 is 2.83 bits per heavy atom. The lowest BCUT2D eigenvalue weighted by Gasteiger charge is -2.09. The number of aryl methyl sites for hydroxylation is 4. The summed E-state index contributed by atoms with van der Waals surface area (Å²) in [6.45, 7) is 2.42. The third-order valence-electron chi connectivity index (χ3n) is 5.18. The number of rotatable bonds is 8. The van der Waals surface area contributed by atoms with Crippen LogP contribution in [-0.2, 0) is 19.9 Å². The molecule has 29 heavy (non-hydrogen) atoms. The lowest BCUT2D eigenvalue weighted by atomic mass is 10.1. The van der Waals surface area contributed by atoms with E-state index in [9.17, 15) is 4.79 Å². The van der Waals surface area contributed by atoms with Crippen molar-refractivity contribution in [3.05, 3.63) is 63.5 Å². The third-order valence-corrected chi connectivity index (χ3v) is 5.18. The average molecular weight is 396 g/mol. The molecule has 2 atom stereocenters. The average Bonchev–Trinajstić information content (AvgIpc) is 3.39. The van der Waals surface area contributed by atoms with E-state index in [1.807, 2.05) is 25.1 Å². The Balaban J connectivity index is 1.36. The summed E-state index contributed by atoms with van der Waals surface area (Å²) in [5.41, 5.74) is 2.41. The number of nitrogens with zero attached hydrogens (tertiary/aromatic N) is 4. The molecule has 3 aromatic rings. The lowest BCUT2D eigenvalue weighted by Crippen LogP contribution is -2.24. The van der Waals surface area contributed by atoms with E-state index in [0.717, 1.165) is 29.3 Å². The highest BCUT2D eigenvalue weighted by atomic mass is 16.5. The van der Waals surface area contributed by atoms with Crippen molar-refractivity contribution in [1.82, 2.24) is 19.9 Å². The van der Waals surface area contributed by atoms with Crippen LogP contribution < -0.4 is 15.0 Å². The fourth-order valence-corrected chi connectivity index (χ4v) is 3.40. The number of methoxy groups -OCH3 is 1. The summed E-state index contributed by atoms with van der Waals surface area (Å²) < 4.78 is 17.6. The first kappa shape index (κ1) is 19.2. The summed E-state index contributed by atoms with van der Waals surface area (Å²) in [5, 5.41) is 8.10. The van der Waals surface area contributed by atoms with Gasteiger partial charge < -0.3 is 14.0 Å². The first-order valence-corrected chi connectivity index (χ1v) is 9.65. The fourth-order valence-electron chi connectivity index (χ4n) is 3.40. The molecule has 0 aliphatic heterocycles. The maximum atomic E-state index is 12.4. The van der Waals surface area contributed by atoms with E-state index < -0.39 is 0 Å². The molecule has 3 aromatic heterocycles. The number of aromatic nitrogens is 4. The Labute approximate surface area is 168 Å². The second-order valence-corrected chi connectivity index (χ2v) is 7.41. The highest BCUT2D eigenvalue weighted by Gasteiger charge is 2.40. The highest BCUT2D eigenvalue weighted by Crippen LogP contribution is 2.46. The van der Waals surface area contributed by atoms with Gasteiger partial charge in [-0.05, 0) is 31.9 Å². The number of hydrogen-bond donors (Lipinski definition) is 0. The van der Waals surface area contributed by atoms with Gasteiger partial charge in [0.15, 0.2) is 0 Å². The minimum absolute atomic E-state index is 0.125. The normalized spacial score (nSPS) is 17.9. The second-order valence-electron chi connectivity index (χ2n) is 7.41. The number of ether oxygens (including phenoxy) is 2. The van der Waals surface area contributed by atoms with Crippen LogP contribution in [0.2, 0.25) is 0 Å². The number of pyridine rings is 1. The van der Waals surface area contributed by atoms with Crippen LogP contribution in [0.1, 0.15) is 35.1 Å². The van der Waals surface area contributed by atoms with Gasteiger partial charge in [-0.15, -0.1) is 5.10 Å². The molecule has 0 saturated heterocycles. The molecule has 1 saturated carbocycles. The molecule has 152 valence electrons. The van der Waals surface area contributed by atoms with Gasteiger partial charge in [0.2, 0.25) is 5.88 Å². The predicted molar refractivity (Wildman–Crippen MR) is 105 cm³/mol. The molecule has 8 heteroatoms. The maximum Gasteiger partial charge on any atom is 0.269 e. The molecule has 0 amide bonds. The van der Waals surface area contributed by atoms with Crippen molar-refractivity contribution in [2.75, 3.05) is 13.7 Å². The molecule has 0 radical (unpaired) electrons. The van der Waals surface area contributed by atoms with Gasteiger partial charge in [-0.2, -0.15) is 0 Å². The molecule has 0 bridgehead atoms. The van der Waals surface area contributed by atoms with Gasteiger partial charge in [-0.3, -0.25) is 9.78 Å². The van der Waals surface area contributed by atoms with Crippen molar-refractivity contribution in [1.29, 1.82) is 0 Å². The highest BCUT2D eigenvalue weighted by molar-refractivity contribution is 5.25. The van der Waals surface area contributed by atoms with E-state index in [4.69, 9.17) is 14.0 Å². The zero-order chi connectivity index (χ0) is 20.4. The third kappa shape index (κ3) is 4.47. The van der Waals surface area contributed by atoms with Crippen LogP contribution in [0.15, 0.2) is 39.8 Å². The summed E-state index contributed by atoms with van der Waals surface area (Å²) in [5.74, 6) is 2.77. The van der Waals surface area contributed by atoms with Crippen molar-refractivity contribution in [3.63, 3.8) is 0 Å². The molecular weight excluding hydrogens is 372 g/mol. The molecule has 1 aliphatic carbocycles. The molecule has 4 rings (SSSR count). The van der Waals surface area contributed by atoms with Gasteiger partial charge >= 0.3 is 0 Å². The molecule has 1 aliphatic rings. The van der Waals surface area contributed by atoms with Crippen molar-refractivity contribution in [2.45, 2.75) is 32.1 Å². The molecule has 0 spiro atoms. The monoisotopic (exact) mass is 396 g/mol. The summed E-state index contributed by atoms with van der Waals surface area (Å²) in [4.78, 5) is 16.8. The van der Waals surface area contributed by atoms with Crippen molar-refractivity contribution in [2.24, 2.45) is 13.0 Å². The van der Waals surface area contributed by atoms with E-state index >= 15 is 0 Å². The smallest absolute Gasteiger partial charge is 0.269 e. The zero-order valence-corrected chi connectivity index (χ0v) is 16.8. The summed E-state index contributed by atoms with van der Waals surface area (Å²) in [7, 11) is 3.27. The Morgan fingerprint density at radius 2 is 2.14 bits per heavy atom. The molecule has 0 N–H and O–H groups in total. The molecule has 0 unspecified atom stereocenters. The summed E-state index contributed by atoms with van der Waals surface area (Å²) >= 11 is 0. The van der Waals surface area contributed by atoms with Crippen molar-refractivity contribution in [3.8, 4) is 11.6 Å². The van der Waals surface area contributed by atoms with Crippen LogP contribution in [0.4, 0.5) is 0 Å². The van der Waals surface area contributed by atoms with Crippen molar-refractivity contribution >= 4 is 0 Å². The maximum absolute atomic E-state index is 12.4. The van der Waals surface area contributed by atoms with Gasteiger partial charge in [0, 0.05) is 48.7 Å². The lowest BCUT2D eigenvalue weighted by molar-refractivity contribution is 0.277. The van der Waals surface area contributed by atoms with Crippen LogP contribution in [0.25, 0.3) is 0 Å². The van der Waals surface area contributed by atoms with E-state index in [0.29, 0.717) is 42.7 Å². The molecule has 0 aromatic carbocycles. The first-order valence-electron chi connectivity index (χ1n) is 9.65. The van der Waals surface area contributed by atoms with Crippen LogP contribution in [0, 0.1) is 12.8 Å². The van der Waals surface area contributed by atoms with Crippen LogP contribution in [0.5, 0.6) is 11.6 Å². The van der Waals surface area contributed by atoms with Crippen LogP contribution >= 0.6 is 0 Å². The topological polar surface area (TPSA) is 92.3 Å². The van der Waals surface area contributed by atoms with Crippen LogP contribution in [-0.4, -0.2) is 33.6 Å². The standard InChI is InChI=1S/C21H24N4O4/c1-13-8-16(29-24-13)5-4-14-10-20(23-25(2)21(14)26)28-12-15-9-18(15)19-7-6-17(27-3)11-22-19/h6-8,10-11,15,18H,4-5,9,12H2,1-3H3/t15-,18+/m1/s1. The zero-order valence-electron chi connectivity index (χ0n) is 16.8. The Kier molecular flexibility index (Phi) is 5.33. The Morgan fingerprint density at radius 1 is 1.28 bits per heavy atom. The van der Waals surface area contributed by atoms with E-state index in [1.165, 1.54) is 4.68 Å². The van der Waals surface area contributed by atoms with E-state index in [2.05, 4.69) is 15.2 Å². The Bertz CT molecular complexity index is 1040. The minimum Gasteiger partial charge on any atom is -0.495 e. The van der Waals surface area contributed by atoms with Crippen molar-refractivity contribution < 1.29 is 14.0 Å².